The molecule has 17 heavy (non-hydrogen) atoms. The lowest BCUT2D eigenvalue weighted by molar-refractivity contribution is 0.777. The van der Waals surface area contributed by atoms with Gasteiger partial charge in [-0.25, -0.2) is 0 Å². The number of rotatable bonds is 5. The summed E-state index contributed by atoms with van der Waals surface area (Å²) in [6.07, 6.45) is 2.34. The molecule has 0 bridgehead atoms. The average Bonchev–Trinajstić information content (AvgIpc) is 2.26. The van der Waals surface area contributed by atoms with Crippen molar-refractivity contribution in [3.05, 3.63) is 35.4 Å². The molecule has 1 nitrogen and oxygen atoms in total. The summed E-state index contributed by atoms with van der Waals surface area (Å²) in [5, 5.41) is 0. The molecule has 1 aromatic carbocycles. The van der Waals surface area contributed by atoms with Crippen molar-refractivity contribution in [2.75, 3.05) is 5.75 Å². The van der Waals surface area contributed by atoms with Gasteiger partial charge in [0.1, 0.15) is 0 Å². The molecule has 0 spiro atoms. The lowest BCUT2D eigenvalue weighted by Crippen LogP contribution is -2.18. The fourth-order valence-electron chi connectivity index (χ4n) is 1.70. The highest BCUT2D eigenvalue weighted by molar-refractivity contribution is 8.00. The molecule has 0 heterocycles. The van der Waals surface area contributed by atoms with E-state index in [0.29, 0.717) is 4.75 Å². The van der Waals surface area contributed by atoms with E-state index >= 15 is 0 Å². The van der Waals surface area contributed by atoms with Crippen LogP contribution in [0.25, 0.3) is 0 Å². The van der Waals surface area contributed by atoms with Crippen LogP contribution in [0.5, 0.6) is 0 Å². The lowest BCUT2D eigenvalue weighted by Gasteiger charge is -2.21. The predicted molar refractivity (Wildman–Crippen MR) is 79.6 cm³/mol. The van der Waals surface area contributed by atoms with E-state index in [1.807, 2.05) is 11.8 Å². The Morgan fingerprint density at radius 1 is 1.29 bits per heavy atom. The molecule has 0 fully saturated rings. The molecular formula is C15H25NS. The smallest absolute Gasteiger partial charge is 0.0387 e. The molecule has 0 saturated carbocycles. The molecule has 0 saturated heterocycles. The number of thioether (sulfide) groups is 1. The highest BCUT2D eigenvalue weighted by Gasteiger charge is 2.14. The molecule has 0 aromatic heterocycles. The Morgan fingerprint density at radius 3 is 2.59 bits per heavy atom. The van der Waals surface area contributed by atoms with E-state index in [9.17, 15) is 0 Å². The minimum atomic E-state index is 0.149. The number of hydrogen-bond acceptors (Lipinski definition) is 2. The fraction of sp³-hybridized carbons (Fsp3) is 0.600. The summed E-state index contributed by atoms with van der Waals surface area (Å²) in [6, 6.07) is 8.87. The summed E-state index contributed by atoms with van der Waals surface area (Å²) in [6.45, 7) is 8.91. The summed E-state index contributed by atoms with van der Waals surface area (Å²) in [4.78, 5) is 0. The van der Waals surface area contributed by atoms with Crippen LogP contribution in [0.1, 0.15) is 51.3 Å². The minimum absolute atomic E-state index is 0.149. The first-order chi connectivity index (χ1) is 7.92. The van der Waals surface area contributed by atoms with E-state index in [-0.39, 0.29) is 6.04 Å². The summed E-state index contributed by atoms with van der Waals surface area (Å²) in [5.41, 5.74) is 8.92. The molecule has 0 radical (unpaired) electrons. The summed E-state index contributed by atoms with van der Waals surface area (Å²) >= 11 is 1.93. The third-order valence-corrected chi connectivity index (χ3v) is 4.01. The lowest BCUT2D eigenvalue weighted by atomic mass is 10.0. The molecule has 1 unspecified atom stereocenters. The van der Waals surface area contributed by atoms with Gasteiger partial charge in [0.25, 0.3) is 0 Å². The zero-order chi connectivity index (χ0) is 12.9. The van der Waals surface area contributed by atoms with Gasteiger partial charge in [-0.2, -0.15) is 11.8 Å². The first-order valence-electron chi connectivity index (χ1n) is 6.41. The van der Waals surface area contributed by atoms with Crippen molar-refractivity contribution in [2.24, 2.45) is 5.73 Å². The Bertz CT molecular complexity index is 341. The third kappa shape index (κ3) is 5.60. The number of hydrogen-bond donors (Lipinski definition) is 1. The van der Waals surface area contributed by atoms with Gasteiger partial charge in [0.15, 0.2) is 0 Å². The molecule has 0 amide bonds. The maximum Gasteiger partial charge on any atom is 0.0387 e. The second-order valence-corrected chi connectivity index (χ2v) is 7.37. The first kappa shape index (κ1) is 14.6. The molecule has 1 rings (SSSR count). The molecule has 1 atom stereocenters. The van der Waals surface area contributed by atoms with Crippen molar-refractivity contribution in [3.8, 4) is 0 Å². The quantitative estimate of drug-likeness (QED) is 0.850. The Labute approximate surface area is 110 Å². The average molecular weight is 251 g/mol. The van der Waals surface area contributed by atoms with E-state index in [2.05, 4.69) is 52.0 Å². The highest BCUT2D eigenvalue weighted by Crippen LogP contribution is 2.27. The Balaban J connectivity index is 2.62. The SMILES string of the molecule is CCCc1cccc(C(N)CSC(C)(C)C)c1. The van der Waals surface area contributed by atoms with Gasteiger partial charge in [0.05, 0.1) is 0 Å². The van der Waals surface area contributed by atoms with E-state index < -0.39 is 0 Å². The van der Waals surface area contributed by atoms with Crippen LogP contribution in [-0.4, -0.2) is 10.5 Å². The molecule has 0 aliphatic heterocycles. The summed E-state index contributed by atoms with van der Waals surface area (Å²) < 4.78 is 0.290. The molecule has 2 heteroatoms. The van der Waals surface area contributed by atoms with E-state index in [1.165, 1.54) is 17.5 Å². The number of benzene rings is 1. The van der Waals surface area contributed by atoms with E-state index in [4.69, 9.17) is 5.73 Å². The first-order valence-corrected chi connectivity index (χ1v) is 7.39. The van der Waals surface area contributed by atoms with Crippen LogP contribution in [-0.2, 0) is 6.42 Å². The standard InChI is InChI=1S/C15H25NS/c1-5-7-12-8-6-9-13(10-12)14(16)11-17-15(2,3)4/h6,8-10,14H,5,7,11,16H2,1-4H3. The summed E-state index contributed by atoms with van der Waals surface area (Å²) in [7, 11) is 0. The molecule has 2 N–H and O–H groups in total. The van der Waals surface area contributed by atoms with Crippen molar-refractivity contribution < 1.29 is 0 Å². The van der Waals surface area contributed by atoms with Crippen LogP contribution in [0.4, 0.5) is 0 Å². The van der Waals surface area contributed by atoms with Gasteiger partial charge in [-0.05, 0) is 17.5 Å². The van der Waals surface area contributed by atoms with Gasteiger partial charge < -0.3 is 5.73 Å². The Morgan fingerprint density at radius 2 is 2.00 bits per heavy atom. The Kier molecular flexibility index (Phi) is 5.54. The third-order valence-electron chi connectivity index (χ3n) is 2.61. The zero-order valence-corrected chi connectivity index (χ0v) is 12.3. The topological polar surface area (TPSA) is 26.0 Å². The largest absolute Gasteiger partial charge is 0.323 e. The minimum Gasteiger partial charge on any atom is -0.323 e. The van der Waals surface area contributed by atoms with Gasteiger partial charge in [0.2, 0.25) is 0 Å². The summed E-state index contributed by atoms with van der Waals surface area (Å²) in [5.74, 6) is 0.985. The van der Waals surface area contributed by atoms with Crippen molar-refractivity contribution in [3.63, 3.8) is 0 Å². The van der Waals surface area contributed by atoms with Crippen LogP contribution in [0.15, 0.2) is 24.3 Å². The van der Waals surface area contributed by atoms with Crippen LogP contribution in [0, 0.1) is 0 Å². The van der Waals surface area contributed by atoms with Crippen LogP contribution in [0.2, 0.25) is 0 Å². The van der Waals surface area contributed by atoms with Crippen LogP contribution >= 0.6 is 11.8 Å². The second-order valence-electron chi connectivity index (χ2n) is 5.52. The maximum atomic E-state index is 6.25. The van der Waals surface area contributed by atoms with Crippen LogP contribution < -0.4 is 5.73 Å². The molecule has 0 aliphatic carbocycles. The zero-order valence-electron chi connectivity index (χ0n) is 11.5. The molecule has 0 aliphatic rings. The van der Waals surface area contributed by atoms with Gasteiger partial charge in [-0.3, -0.25) is 0 Å². The molecule has 1 aromatic rings. The highest BCUT2D eigenvalue weighted by atomic mass is 32.2. The normalized spacial score (nSPS) is 13.7. The van der Waals surface area contributed by atoms with Gasteiger partial charge in [-0.15, -0.1) is 0 Å². The van der Waals surface area contributed by atoms with E-state index in [0.717, 1.165) is 12.2 Å². The predicted octanol–water partition coefficient (Wildman–Crippen LogP) is 4.17. The Hall–Kier alpha value is -0.470. The van der Waals surface area contributed by atoms with Gasteiger partial charge >= 0.3 is 0 Å². The van der Waals surface area contributed by atoms with Crippen molar-refractivity contribution >= 4 is 11.8 Å². The maximum absolute atomic E-state index is 6.25. The monoisotopic (exact) mass is 251 g/mol. The number of aryl methyl sites for hydroxylation is 1. The van der Waals surface area contributed by atoms with Gasteiger partial charge in [0, 0.05) is 16.5 Å². The molecule has 96 valence electrons. The number of nitrogens with two attached hydrogens (primary N) is 1. The second kappa shape index (κ2) is 6.46. The fourth-order valence-corrected chi connectivity index (χ4v) is 2.58. The van der Waals surface area contributed by atoms with Gasteiger partial charge in [-0.1, -0.05) is 58.4 Å². The van der Waals surface area contributed by atoms with Crippen molar-refractivity contribution in [1.29, 1.82) is 0 Å². The van der Waals surface area contributed by atoms with Crippen LogP contribution in [0.3, 0.4) is 0 Å². The van der Waals surface area contributed by atoms with Crippen molar-refractivity contribution in [2.45, 2.75) is 51.3 Å². The van der Waals surface area contributed by atoms with Crippen molar-refractivity contribution in [1.82, 2.24) is 0 Å². The molecular weight excluding hydrogens is 226 g/mol. The van der Waals surface area contributed by atoms with E-state index in [1.54, 1.807) is 0 Å².